The van der Waals surface area contributed by atoms with Crippen molar-refractivity contribution in [1.29, 1.82) is 0 Å². The maximum absolute atomic E-state index is 12.0. The Balaban J connectivity index is 1.80. The second-order valence-electron chi connectivity index (χ2n) is 5.11. The summed E-state index contributed by atoms with van der Waals surface area (Å²) in [6.45, 7) is 3.81. The van der Waals surface area contributed by atoms with Gasteiger partial charge in [-0.3, -0.25) is 14.5 Å². The zero-order valence-corrected chi connectivity index (χ0v) is 11.7. The van der Waals surface area contributed by atoms with Gasteiger partial charge in [0.1, 0.15) is 5.76 Å². The number of carbonyl (C=O) groups is 2. The van der Waals surface area contributed by atoms with Crippen molar-refractivity contribution in [3.8, 4) is 0 Å². The number of amides is 2. The molecule has 1 aromatic heterocycles. The van der Waals surface area contributed by atoms with Gasteiger partial charge in [-0.05, 0) is 25.0 Å². The summed E-state index contributed by atoms with van der Waals surface area (Å²) in [5, 5.41) is 2.97. The smallest absolute Gasteiger partial charge is 0.287 e. The van der Waals surface area contributed by atoms with Crippen LogP contribution in [-0.4, -0.2) is 42.4 Å². The fraction of sp³-hybridized carbons (Fsp3) is 0.571. The number of piperidine rings is 1. The quantitative estimate of drug-likeness (QED) is 0.822. The Morgan fingerprint density at radius 1 is 1.40 bits per heavy atom. The summed E-state index contributed by atoms with van der Waals surface area (Å²) in [7, 11) is 0. The number of nitrogens with one attached hydrogen (secondary N) is 1. The summed E-state index contributed by atoms with van der Waals surface area (Å²) in [6, 6.07) is 3.66. The Labute approximate surface area is 118 Å². The highest BCUT2D eigenvalue weighted by atomic mass is 16.3. The number of likely N-dealkylation sites (tertiary alicyclic amines) is 1. The Morgan fingerprint density at radius 2 is 2.10 bits per heavy atom. The Morgan fingerprint density at radius 3 is 2.65 bits per heavy atom. The molecule has 0 radical (unpaired) electrons. The van der Waals surface area contributed by atoms with E-state index in [9.17, 15) is 9.59 Å². The van der Waals surface area contributed by atoms with E-state index < -0.39 is 0 Å². The monoisotopic (exact) mass is 279 g/mol. The van der Waals surface area contributed by atoms with Gasteiger partial charge < -0.3 is 15.5 Å². The number of primary amides is 1. The minimum Gasteiger partial charge on any atom is -0.456 e. The van der Waals surface area contributed by atoms with Crippen LogP contribution in [0.25, 0.3) is 0 Å². The zero-order chi connectivity index (χ0) is 14.5. The molecule has 1 aliphatic rings. The highest BCUT2D eigenvalue weighted by Gasteiger charge is 2.22. The van der Waals surface area contributed by atoms with Crippen molar-refractivity contribution in [2.45, 2.75) is 32.2 Å². The molecular formula is C14H21N3O3. The maximum atomic E-state index is 12.0. The summed E-state index contributed by atoms with van der Waals surface area (Å²) in [6.07, 6.45) is 2.42. The molecule has 2 rings (SSSR count). The number of carbonyl (C=O) groups excluding carboxylic acids is 2. The van der Waals surface area contributed by atoms with Crippen LogP contribution in [0.15, 0.2) is 16.5 Å². The molecule has 110 valence electrons. The van der Waals surface area contributed by atoms with Gasteiger partial charge in [-0.25, -0.2) is 0 Å². The lowest BCUT2D eigenvalue weighted by atomic mass is 10.0. The molecule has 3 N–H and O–H groups in total. The molecule has 0 unspecified atom stereocenters. The van der Waals surface area contributed by atoms with E-state index in [4.69, 9.17) is 10.2 Å². The number of nitrogens with zero attached hydrogens (tertiary/aromatic N) is 1. The van der Waals surface area contributed by atoms with E-state index in [0.717, 1.165) is 38.1 Å². The molecule has 6 heteroatoms. The second-order valence-corrected chi connectivity index (χ2v) is 5.11. The fourth-order valence-corrected chi connectivity index (χ4v) is 2.40. The highest BCUT2D eigenvalue weighted by Crippen LogP contribution is 2.12. The lowest BCUT2D eigenvalue weighted by molar-refractivity contribution is -0.119. The molecular weight excluding hydrogens is 258 g/mol. The van der Waals surface area contributed by atoms with E-state index in [1.165, 1.54) is 0 Å². The number of furan rings is 1. The number of hydrogen-bond donors (Lipinski definition) is 2. The number of rotatable bonds is 5. The standard InChI is InChI=1S/C14H21N3O3/c1-2-11-3-4-12(20-11)14(19)16-10-5-7-17(8-6-10)9-13(15)18/h3-4,10H,2,5-9H2,1H3,(H2,15,18)(H,16,19). The topological polar surface area (TPSA) is 88.6 Å². The van der Waals surface area contributed by atoms with Crippen LogP contribution in [-0.2, 0) is 11.2 Å². The van der Waals surface area contributed by atoms with Gasteiger partial charge in [0.2, 0.25) is 5.91 Å². The Hall–Kier alpha value is -1.82. The molecule has 0 spiro atoms. The van der Waals surface area contributed by atoms with Crippen LogP contribution < -0.4 is 11.1 Å². The first-order chi connectivity index (χ1) is 9.58. The van der Waals surface area contributed by atoms with E-state index in [1.807, 2.05) is 17.9 Å². The molecule has 20 heavy (non-hydrogen) atoms. The lowest BCUT2D eigenvalue weighted by Crippen LogP contribution is -2.46. The maximum Gasteiger partial charge on any atom is 0.287 e. The molecule has 1 aliphatic heterocycles. The van der Waals surface area contributed by atoms with Crippen molar-refractivity contribution in [1.82, 2.24) is 10.2 Å². The predicted molar refractivity (Wildman–Crippen MR) is 74.2 cm³/mol. The van der Waals surface area contributed by atoms with Crippen LogP contribution in [0.3, 0.4) is 0 Å². The molecule has 1 saturated heterocycles. The minimum atomic E-state index is -0.310. The van der Waals surface area contributed by atoms with Crippen LogP contribution >= 0.6 is 0 Å². The molecule has 2 heterocycles. The van der Waals surface area contributed by atoms with Crippen molar-refractivity contribution in [2.75, 3.05) is 19.6 Å². The molecule has 1 fully saturated rings. The summed E-state index contributed by atoms with van der Waals surface area (Å²) in [4.78, 5) is 24.9. The van der Waals surface area contributed by atoms with Gasteiger partial charge in [0.05, 0.1) is 6.54 Å². The molecule has 0 bridgehead atoms. The first-order valence-corrected chi connectivity index (χ1v) is 6.98. The van der Waals surface area contributed by atoms with Gasteiger partial charge >= 0.3 is 0 Å². The average molecular weight is 279 g/mol. The predicted octanol–water partition coefficient (Wildman–Crippen LogP) is 0.522. The van der Waals surface area contributed by atoms with Crippen molar-refractivity contribution >= 4 is 11.8 Å². The normalized spacial score (nSPS) is 17.1. The van der Waals surface area contributed by atoms with Crippen molar-refractivity contribution < 1.29 is 14.0 Å². The summed E-state index contributed by atoms with van der Waals surface area (Å²) < 4.78 is 5.43. The SMILES string of the molecule is CCc1ccc(C(=O)NC2CCN(CC(N)=O)CC2)o1. The number of nitrogens with two attached hydrogens (primary N) is 1. The lowest BCUT2D eigenvalue weighted by Gasteiger charge is -2.31. The van der Waals surface area contributed by atoms with Crippen molar-refractivity contribution in [3.63, 3.8) is 0 Å². The summed E-state index contributed by atoms with van der Waals surface area (Å²) >= 11 is 0. The third-order valence-electron chi connectivity index (χ3n) is 3.54. The van der Waals surface area contributed by atoms with E-state index >= 15 is 0 Å². The third-order valence-corrected chi connectivity index (χ3v) is 3.54. The largest absolute Gasteiger partial charge is 0.456 e. The van der Waals surface area contributed by atoms with Gasteiger partial charge in [0.25, 0.3) is 5.91 Å². The molecule has 0 aliphatic carbocycles. The van der Waals surface area contributed by atoms with Crippen LogP contribution in [0.1, 0.15) is 36.1 Å². The van der Waals surface area contributed by atoms with Gasteiger partial charge in [0, 0.05) is 25.6 Å². The van der Waals surface area contributed by atoms with Crippen molar-refractivity contribution in [2.24, 2.45) is 5.73 Å². The molecule has 1 aromatic rings. The van der Waals surface area contributed by atoms with Gasteiger partial charge in [-0.1, -0.05) is 6.92 Å². The first kappa shape index (κ1) is 14.6. The highest BCUT2D eigenvalue weighted by molar-refractivity contribution is 5.91. The van der Waals surface area contributed by atoms with Crippen LogP contribution in [0.4, 0.5) is 0 Å². The van der Waals surface area contributed by atoms with Gasteiger partial charge in [-0.15, -0.1) is 0 Å². The van der Waals surface area contributed by atoms with E-state index in [1.54, 1.807) is 6.07 Å². The second kappa shape index (κ2) is 6.56. The van der Waals surface area contributed by atoms with E-state index in [-0.39, 0.29) is 17.9 Å². The first-order valence-electron chi connectivity index (χ1n) is 6.98. The molecule has 0 atom stereocenters. The molecule has 6 nitrogen and oxygen atoms in total. The fourth-order valence-electron chi connectivity index (χ4n) is 2.40. The van der Waals surface area contributed by atoms with E-state index in [2.05, 4.69) is 5.32 Å². The molecule has 0 aromatic carbocycles. The summed E-state index contributed by atoms with van der Waals surface area (Å²) in [5.41, 5.74) is 5.17. The van der Waals surface area contributed by atoms with Crippen LogP contribution in [0.2, 0.25) is 0 Å². The number of hydrogen-bond acceptors (Lipinski definition) is 4. The third kappa shape index (κ3) is 3.84. The number of aryl methyl sites for hydroxylation is 1. The van der Waals surface area contributed by atoms with Gasteiger partial charge in [0.15, 0.2) is 5.76 Å². The van der Waals surface area contributed by atoms with Crippen LogP contribution in [0, 0.1) is 0 Å². The molecule has 2 amide bonds. The van der Waals surface area contributed by atoms with E-state index in [0.29, 0.717) is 12.3 Å². The van der Waals surface area contributed by atoms with Crippen LogP contribution in [0.5, 0.6) is 0 Å². The Kier molecular flexibility index (Phi) is 4.79. The minimum absolute atomic E-state index is 0.127. The average Bonchev–Trinajstić information content (AvgIpc) is 2.89. The van der Waals surface area contributed by atoms with Gasteiger partial charge in [-0.2, -0.15) is 0 Å². The zero-order valence-electron chi connectivity index (χ0n) is 11.7. The Bertz CT molecular complexity index is 476. The van der Waals surface area contributed by atoms with Crippen molar-refractivity contribution in [3.05, 3.63) is 23.7 Å². The summed E-state index contributed by atoms with van der Waals surface area (Å²) in [5.74, 6) is 0.695. The molecule has 0 saturated carbocycles.